The van der Waals surface area contributed by atoms with Gasteiger partial charge in [-0.05, 0) is 42.3 Å². The van der Waals surface area contributed by atoms with Crippen molar-refractivity contribution in [2.75, 3.05) is 24.3 Å². The van der Waals surface area contributed by atoms with Crippen LogP contribution in [0.1, 0.15) is 18.9 Å². The third-order valence-electron chi connectivity index (χ3n) is 3.79. The van der Waals surface area contributed by atoms with Crippen molar-refractivity contribution in [3.8, 4) is 11.5 Å². The van der Waals surface area contributed by atoms with Gasteiger partial charge in [-0.1, -0.05) is 19.1 Å². The molecule has 0 aliphatic carbocycles. The highest BCUT2D eigenvalue weighted by Crippen LogP contribution is 2.37. The van der Waals surface area contributed by atoms with Crippen LogP contribution in [0, 0.1) is 0 Å². The van der Waals surface area contributed by atoms with Crippen LogP contribution in [-0.2, 0) is 4.79 Å². The van der Waals surface area contributed by atoms with Gasteiger partial charge in [0.25, 0.3) is 5.91 Å². The predicted octanol–water partition coefficient (Wildman–Crippen LogP) is 3.45. The summed E-state index contributed by atoms with van der Waals surface area (Å²) in [7, 11) is 1.61. The molecule has 1 aliphatic rings. The van der Waals surface area contributed by atoms with E-state index >= 15 is 0 Å². The van der Waals surface area contributed by atoms with Crippen LogP contribution in [0.2, 0.25) is 0 Å². The van der Waals surface area contributed by atoms with Crippen LogP contribution >= 0.6 is 0 Å². The lowest BCUT2D eigenvalue weighted by atomic mass is 10.1. The van der Waals surface area contributed by atoms with Crippen molar-refractivity contribution >= 4 is 23.4 Å². The van der Waals surface area contributed by atoms with Crippen molar-refractivity contribution in [2.24, 2.45) is 0 Å². The second-order valence-electron chi connectivity index (χ2n) is 5.57. The second kappa shape index (κ2) is 6.66. The van der Waals surface area contributed by atoms with Gasteiger partial charge in [0.1, 0.15) is 5.75 Å². The first-order chi connectivity index (χ1) is 11.6. The number of rotatable bonds is 4. The number of hydrogen-bond acceptors (Lipinski definition) is 4. The lowest BCUT2D eigenvalue weighted by molar-refractivity contribution is -0.117. The number of nitrogen functional groups attached to an aromatic ring is 1. The van der Waals surface area contributed by atoms with Gasteiger partial charge < -0.3 is 20.1 Å². The Hall–Kier alpha value is -2.95. The van der Waals surface area contributed by atoms with E-state index < -0.39 is 0 Å². The van der Waals surface area contributed by atoms with Gasteiger partial charge in [0.2, 0.25) is 0 Å². The third-order valence-corrected chi connectivity index (χ3v) is 3.79. The number of benzene rings is 2. The fourth-order valence-electron chi connectivity index (χ4n) is 2.66. The fraction of sp³-hybridized carbons (Fsp3) is 0.211. The summed E-state index contributed by atoms with van der Waals surface area (Å²) in [4.78, 5) is 14.5. The molecular formula is C19H20N2O3. The summed E-state index contributed by atoms with van der Waals surface area (Å²) in [6.07, 6.45) is 2.57. The van der Waals surface area contributed by atoms with E-state index in [1.54, 1.807) is 30.2 Å². The Morgan fingerprint density at radius 3 is 2.83 bits per heavy atom. The number of ether oxygens (including phenoxy) is 2. The van der Waals surface area contributed by atoms with Crippen LogP contribution in [0.3, 0.4) is 0 Å². The van der Waals surface area contributed by atoms with Crippen LogP contribution < -0.4 is 20.1 Å². The normalized spacial score (nSPS) is 15.2. The topological polar surface area (TPSA) is 64.8 Å². The SMILES string of the molecule is CCCN1C(=O)/C(=C\c2cccc(OC)c2)Oc2cc(N)ccc21. The van der Waals surface area contributed by atoms with Crippen molar-refractivity contribution in [3.63, 3.8) is 0 Å². The van der Waals surface area contributed by atoms with Gasteiger partial charge >= 0.3 is 0 Å². The van der Waals surface area contributed by atoms with E-state index in [4.69, 9.17) is 15.2 Å². The Balaban J connectivity index is 2.02. The van der Waals surface area contributed by atoms with Gasteiger partial charge in [0.15, 0.2) is 11.5 Å². The summed E-state index contributed by atoms with van der Waals surface area (Å²) in [6, 6.07) is 12.8. The lowest BCUT2D eigenvalue weighted by Crippen LogP contribution is -2.37. The third kappa shape index (κ3) is 3.06. The Kier molecular flexibility index (Phi) is 4.42. The summed E-state index contributed by atoms with van der Waals surface area (Å²) in [5.74, 6) is 1.44. The van der Waals surface area contributed by atoms with Crippen LogP contribution in [0.4, 0.5) is 11.4 Å². The maximum atomic E-state index is 12.8. The maximum absolute atomic E-state index is 12.8. The number of nitrogens with two attached hydrogens (primary N) is 1. The van der Waals surface area contributed by atoms with Gasteiger partial charge in [0.05, 0.1) is 12.8 Å². The number of methoxy groups -OCH3 is 1. The molecule has 24 heavy (non-hydrogen) atoms. The van der Waals surface area contributed by atoms with Gasteiger partial charge in [-0.3, -0.25) is 4.79 Å². The largest absolute Gasteiger partial charge is 0.497 e. The molecule has 2 aromatic carbocycles. The number of carbonyl (C=O) groups excluding carboxylic acids is 1. The van der Waals surface area contributed by atoms with Crippen molar-refractivity contribution in [2.45, 2.75) is 13.3 Å². The first-order valence-corrected chi connectivity index (χ1v) is 7.87. The van der Waals surface area contributed by atoms with Gasteiger partial charge in [-0.15, -0.1) is 0 Å². The number of carbonyl (C=O) groups is 1. The van der Waals surface area contributed by atoms with E-state index in [1.807, 2.05) is 37.3 Å². The minimum atomic E-state index is -0.156. The van der Waals surface area contributed by atoms with Gasteiger partial charge in [0, 0.05) is 18.3 Å². The molecule has 0 radical (unpaired) electrons. The average molecular weight is 324 g/mol. The second-order valence-corrected chi connectivity index (χ2v) is 5.57. The summed E-state index contributed by atoms with van der Waals surface area (Å²) in [5.41, 5.74) is 8.03. The summed E-state index contributed by atoms with van der Waals surface area (Å²) < 4.78 is 11.0. The lowest BCUT2D eigenvalue weighted by Gasteiger charge is -2.30. The molecule has 0 fully saturated rings. The Labute approximate surface area is 141 Å². The summed E-state index contributed by atoms with van der Waals surface area (Å²) in [6.45, 7) is 2.65. The molecule has 0 saturated carbocycles. The van der Waals surface area contributed by atoms with E-state index in [0.29, 0.717) is 18.0 Å². The van der Waals surface area contributed by atoms with E-state index in [9.17, 15) is 4.79 Å². The highest BCUT2D eigenvalue weighted by Gasteiger charge is 2.29. The van der Waals surface area contributed by atoms with E-state index in [1.165, 1.54) is 0 Å². The Morgan fingerprint density at radius 1 is 1.25 bits per heavy atom. The molecule has 3 rings (SSSR count). The smallest absolute Gasteiger partial charge is 0.294 e. The summed E-state index contributed by atoms with van der Waals surface area (Å²) >= 11 is 0. The molecule has 5 heteroatoms. The summed E-state index contributed by atoms with van der Waals surface area (Å²) in [5, 5.41) is 0. The van der Waals surface area contributed by atoms with Crippen LogP contribution in [0.5, 0.6) is 11.5 Å². The van der Waals surface area contributed by atoms with Gasteiger partial charge in [-0.25, -0.2) is 0 Å². The molecule has 1 aliphatic heterocycles. The molecule has 5 nitrogen and oxygen atoms in total. The number of amides is 1. The molecular weight excluding hydrogens is 304 g/mol. The van der Waals surface area contributed by atoms with E-state index in [2.05, 4.69) is 0 Å². The van der Waals surface area contributed by atoms with Crippen LogP contribution in [0.15, 0.2) is 48.2 Å². The van der Waals surface area contributed by atoms with Crippen molar-refractivity contribution in [1.29, 1.82) is 0 Å². The number of fused-ring (bicyclic) bond motifs is 1. The molecule has 1 heterocycles. The minimum Gasteiger partial charge on any atom is -0.497 e. The van der Waals surface area contributed by atoms with Crippen molar-refractivity contribution < 1.29 is 14.3 Å². The van der Waals surface area contributed by atoms with Crippen LogP contribution in [0.25, 0.3) is 6.08 Å². The number of hydrogen-bond donors (Lipinski definition) is 1. The first-order valence-electron chi connectivity index (χ1n) is 7.87. The standard InChI is InChI=1S/C19H20N2O3/c1-3-9-21-16-8-7-14(20)12-17(16)24-18(19(21)22)11-13-5-4-6-15(10-13)23-2/h4-8,10-12H,3,9,20H2,1-2H3/b18-11+. The quantitative estimate of drug-likeness (QED) is 0.691. The zero-order valence-corrected chi connectivity index (χ0v) is 13.8. The molecule has 0 atom stereocenters. The molecule has 0 bridgehead atoms. The Bertz CT molecular complexity index is 799. The van der Waals surface area contributed by atoms with Gasteiger partial charge in [-0.2, -0.15) is 0 Å². The number of anilines is 2. The molecule has 0 spiro atoms. The van der Waals surface area contributed by atoms with E-state index in [0.717, 1.165) is 23.4 Å². The maximum Gasteiger partial charge on any atom is 0.294 e. The predicted molar refractivity (Wildman–Crippen MR) is 95.1 cm³/mol. The zero-order chi connectivity index (χ0) is 17.1. The van der Waals surface area contributed by atoms with E-state index in [-0.39, 0.29) is 11.7 Å². The molecule has 1 amide bonds. The highest BCUT2D eigenvalue weighted by molar-refractivity contribution is 6.10. The van der Waals surface area contributed by atoms with Crippen molar-refractivity contribution in [3.05, 3.63) is 53.8 Å². The fourth-order valence-corrected chi connectivity index (χ4v) is 2.66. The van der Waals surface area contributed by atoms with Crippen LogP contribution in [-0.4, -0.2) is 19.6 Å². The van der Waals surface area contributed by atoms with Crippen molar-refractivity contribution in [1.82, 2.24) is 0 Å². The number of nitrogens with zero attached hydrogens (tertiary/aromatic N) is 1. The minimum absolute atomic E-state index is 0.156. The zero-order valence-electron chi connectivity index (χ0n) is 13.8. The first kappa shape index (κ1) is 15.9. The molecule has 124 valence electrons. The monoisotopic (exact) mass is 324 g/mol. The molecule has 2 N–H and O–H groups in total. The molecule has 0 aromatic heterocycles. The molecule has 0 saturated heterocycles. The molecule has 0 unspecified atom stereocenters. The average Bonchev–Trinajstić information content (AvgIpc) is 2.58. The Morgan fingerprint density at radius 2 is 2.08 bits per heavy atom. The molecule has 2 aromatic rings. The highest BCUT2D eigenvalue weighted by atomic mass is 16.5.